The van der Waals surface area contributed by atoms with Crippen LogP contribution >= 0.6 is 0 Å². The maximum atomic E-state index is 12.8. The summed E-state index contributed by atoms with van der Waals surface area (Å²) in [5.41, 5.74) is 1.70. The number of rotatable bonds is 6. The fourth-order valence-corrected chi connectivity index (χ4v) is 2.83. The predicted molar refractivity (Wildman–Crippen MR) is 102 cm³/mol. The van der Waals surface area contributed by atoms with E-state index in [2.05, 4.69) is 10.4 Å². The zero-order valence-electron chi connectivity index (χ0n) is 15.5. The van der Waals surface area contributed by atoms with Gasteiger partial charge >= 0.3 is 0 Å². The smallest absolute Gasteiger partial charge is 0.270 e. The lowest BCUT2D eigenvalue weighted by Crippen LogP contribution is -2.25. The van der Waals surface area contributed by atoms with Gasteiger partial charge in [0.25, 0.3) is 5.91 Å². The van der Waals surface area contributed by atoms with Crippen LogP contribution in [-0.2, 0) is 6.54 Å². The highest BCUT2D eigenvalue weighted by molar-refractivity contribution is 5.94. The van der Waals surface area contributed by atoms with Gasteiger partial charge in [-0.25, -0.2) is 4.68 Å². The molecule has 0 unspecified atom stereocenters. The van der Waals surface area contributed by atoms with Crippen LogP contribution in [0.1, 0.15) is 22.0 Å². The number of carbonyl (C=O) groups is 1. The number of nitrogens with zero attached hydrogens (tertiary/aromatic N) is 2. The summed E-state index contributed by atoms with van der Waals surface area (Å²) in [5, 5.41) is 7.44. The molecule has 0 radical (unpaired) electrons. The summed E-state index contributed by atoms with van der Waals surface area (Å²) >= 11 is 0. The second-order valence-electron chi connectivity index (χ2n) is 6.20. The molecule has 7 nitrogen and oxygen atoms in total. The lowest BCUT2D eigenvalue weighted by Gasteiger charge is -2.08. The van der Waals surface area contributed by atoms with Crippen LogP contribution in [0.5, 0.6) is 5.75 Å². The van der Waals surface area contributed by atoms with E-state index in [9.17, 15) is 4.79 Å². The Bertz CT molecular complexity index is 1080. The summed E-state index contributed by atoms with van der Waals surface area (Å²) in [6.45, 7) is 2.15. The Morgan fingerprint density at radius 2 is 2.00 bits per heavy atom. The maximum Gasteiger partial charge on any atom is 0.270 e. The van der Waals surface area contributed by atoms with Crippen molar-refractivity contribution in [3.63, 3.8) is 0 Å². The van der Waals surface area contributed by atoms with Gasteiger partial charge in [0.2, 0.25) is 0 Å². The summed E-state index contributed by atoms with van der Waals surface area (Å²) in [6, 6.07) is 16.3. The van der Waals surface area contributed by atoms with Crippen LogP contribution in [0.3, 0.4) is 0 Å². The molecule has 0 aliphatic rings. The molecule has 1 N–H and O–H groups in total. The normalized spacial score (nSPS) is 10.8. The van der Waals surface area contributed by atoms with E-state index in [1.165, 1.54) is 0 Å². The number of hydrogen-bond donors (Lipinski definition) is 1. The van der Waals surface area contributed by atoms with Crippen molar-refractivity contribution < 1.29 is 18.4 Å². The number of hydrogen-bond acceptors (Lipinski definition) is 5. The second kappa shape index (κ2) is 7.48. The number of furan rings is 2. The number of nitrogens with one attached hydrogen (secondary N) is 1. The van der Waals surface area contributed by atoms with Crippen molar-refractivity contribution in [1.29, 1.82) is 0 Å². The first-order chi connectivity index (χ1) is 13.6. The van der Waals surface area contributed by atoms with Gasteiger partial charge in [-0.05, 0) is 55.5 Å². The van der Waals surface area contributed by atoms with Crippen LogP contribution in [-0.4, -0.2) is 22.8 Å². The SMILES string of the molecule is COc1ccc(-n2nc(-c3ccc(C)o3)cc2C(=O)NCc2ccco2)cc1. The van der Waals surface area contributed by atoms with E-state index >= 15 is 0 Å². The standard InChI is InChI=1S/C21H19N3O4/c1-14-5-10-20(28-14)18-12-19(21(25)22-13-17-4-3-11-27-17)24(23-18)15-6-8-16(26-2)9-7-15/h3-12H,13H2,1-2H3,(H,22,25). The molecule has 0 bridgehead atoms. The third-order valence-corrected chi connectivity index (χ3v) is 4.26. The minimum Gasteiger partial charge on any atom is -0.497 e. The first-order valence-electron chi connectivity index (χ1n) is 8.76. The molecule has 28 heavy (non-hydrogen) atoms. The van der Waals surface area contributed by atoms with Crippen molar-refractivity contribution in [2.75, 3.05) is 7.11 Å². The van der Waals surface area contributed by atoms with Gasteiger partial charge in [-0.15, -0.1) is 0 Å². The van der Waals surface area contributed by atoms with Crippen LogP contribution in [0.2, 0.25) is 0 Å². The summed E-state index contributed by atoms with van der Waals surface area (Å²) in [4.78, 5) is 12.8. The van der Waals surface area contributed by atoms with E-state index in [1.54, 1.807) is 36.3 Å². The largest absolute Gasteiger partial charge is 0.497 e. The highest BCUT2D eigenvalue weighted by atomic mass is 16.5. The summed E-state index contributed by atoms with van der Waals surface area (Å²) in [7, 11) is 1.60. The van der Waals surface area contributed by atoms with Crippen molar-refractivity contribution in [3.05, 3.63) is 78.1 Å². The van der Waals surface area contributed by atoms with Gasteiger partial charge in [0.15, 0.2) is 5.76 Å². The molecule has 1 aromatic carbocycles. The Morgan fingerprint density at radius 3 is 2.64 bits per heavy atom. The minimum atomic E-state index is -0.269. The molecule has 0 aliphatic carbocycles. The topological polar surface area (TPSA) is 82.4 Å². The molecule has 0 fully saturated rings. The highest BCUT2D eigenvalue weighted by Gasteiger charge is 2.19. The Morgan fingerprint density at radius 1 is 1.18 bits per heavy atom. The third kappa shape index (κ3) is 3.55. The number of aromatic nitrogens is 2. The van der Waals surface area contributed by atoms with E-state index in [0.29, 0.717) is 22.9 Å². The Hall–Kier alpha value is -3.74. The highest BCUT2D eigenvalue weighted by Crippen LogP contribution is 2.24. The molecule has 3 aromatic heterocycles. The van der Waals surface area contributed by atoms with Crippen LogP contribution in [0.25, 0.3) is 17.1 Å². The van der Waals surface area contributed by atoms with E-state index in [0.717, 1.165) is 17.2 Å². The van der Waals surface area contributed by atoms with E-state index in [-0.39, 0.29) is 12.5 Å². The molecule has 142 valence electrons. The van der Waals surface area contributed by atoms with Crippen LogP contribution in [0, 0.1) is 6.92 Å². The number of amides is 1. The monoisotopic (exact) mass is 377 g/mol. The number of benzene rings is 1. The fraction of sp³-hybridized carbons (Fsp3) is 0.143. The molecule has 1 amide bonds. The number of carbonyl (C=O) groups excluding carboxylic acids is 1. The lowest BCUT2D eigenvalue weighted by molar-refractivity contribution is 0.0940. The molecule has 4 rings (SSSR count). The maximum absolute atomic E-state index is 12.8. The molecule has 0 aliphatic heterocycles. The van der Waals surface area contributed by atoms with Gasteiger partial charge in [-0.3, -0.25) is 4.79 Å². The van der Waals surface area contributed by atoms with Crippen molar-refractivity contribution >= 4 is 5.91 Å². The number of methoxy groups -OCH3 is 1. The first kappa shape index (κ1) is 17.7. The lowest BCUT2D eigenvalue weighted by atomic mass is 10.2. The second-order valence-corrected chi connectivity index (χ2v) is 6.20. The zero-order valence-corrected chi connectivity index (χ0v) is 15.5. The van der Waals surface area contributed by atoms with Gasteiger partial charge in [0.1, 0.15) is 28.7 Å². The Kier molecular flexibility index (Phi) is 4.72. The summed E-state index contributed by atoms with van der Waals surface area (Å²) in [5.74, 6) is 2.50. The molecule has 4 aromatic rings. The fourth-order valence-electron chi connectivity index (χ4n) is 2.83. The van der Waals surface area contributed by atoms with Crippen molar-refractivity contribution in [3.8, 4) is 22.9 Å². The quantitative estimate of drug-likeness (QED) is 0.550. The predicted octanol–water partition coefficient (Wildman–Crippen LogP) is 3.97. The Balaban J connectivity index is 1.69. The summed E-state index contributed by atoms with van der Waals surface area (Å²) < 4.78 is 17.7. The summed E-state index contributed by atoms with van der Waals surface area (Å²) in [6.07, 6.45) is 1.57. The van der Waals surface area contributed by atoms with Gasteiger partial charge in [0, 0.05) is 6.07 Å². The molecular formula is C21H19N3O4. The minimum absolute atomic E-state index is 0.269. The van der Waals surface area contributed by atoms with Gasteiger partial charge in [0.05, 0.1) is 25.6 Å². The average molecular weight is 377 g/mol. The Labute approximate surface area is 161 Å². The number of ether oxygens (including phenoxy) is 1. The molecule has 3 heterocycles. The van der Waals surface area contributed by atoms with Crippen LogP contribution in [0.4, 0.5) is 0 Å². The van der Waals surface area contributed by atoms with Gasteiger partial charge in [-0.1, -0.05) is 0 Å². The molecular weight excluding hydrogens is 358 g/mol. The van der Waals surface area contributed by atoms with Crippen LogP contribution in [0.15, 0.2) is 69.7 Å². The molecule has 0 atom stereocenters. The molecule has 7 heteroatoms. The van der Waals surface area contributed by atoms with Crippen LogP contribution < -0.4 is 10.1 Å². The molecule has 0 saturated carbocycles. The van der Waals surface area contributed by atoms with E-state index in [4.69, 9.17) is 13.6 Å². The van der Waals surface area contributed by atoms with Gasteiger partial charge in [-0.2, -0.15) is 5.10 Å². The van der Waals surface area contributed by atoms with Crippen molar-refractivity contribution in [2.45, 2.75) is 13.5 Å². The third-order valence-electron chi connectivity index (χ3n) is 4.26. The molecule has 0 saturated heterocycles. The van der Waals surface area contributed by atoms with Gasteiger partial charge < -0.3 is 18.9 Å². The molecule has 0 spiro atoms. The number of aryl methyl sites for hydroxylation is 1. The van der Waals surface area contributed by atoms with E-state index < -0.39 is 0 Å². The van der Waals surface area contributed by atoms with Crippen molar-refractivity contribution in [1.82, 2.24) is 15.1 Å². The van der Waals surface area contributed by atoms with E-state index in [1.807, 2.05) is 43.3 Å². The first-order valence-corrected chi connectivity index (χ1v) is 8.76. The zero-order chi connectivity index (χ0) is 19.5. The van der Waals surface area contributed by atoms with Crippen molar-refractivity contribution in [2.24, 2.45) is 0 Å². The average Bonchev–Trinajstić information content (AvgIpc) is 3.46.